The molecule has 1 amide bonds. The Morgan fingerprint density at radius 2 is 1.85 bits per heavy atom. The Labute approximate surface area is 201 Å². The minimum Gasteiger partial charge on any atom is -0.386 e. The van der Waals surface area contributed by atoms with Crippen molar-refractivity contribution in [1.29, 1.82) is 0 Å². The zero-order chi connectivity index (χ0) is 23.4. The van der Waals surface area contributed by atoms with Crippen LogP contribution in [-0.4, -0.2) is 31.8 Å². The molecule has 0 saturated heterocycles. The predicted molar refractivity (Wildman–Crippen MR) is 132 cm³/mol. The number of carbonyl (C=O) groups excluding carboxylic acids is 1. The van der Waals surface area contributed by atoms with E-state index in [4.69, 9.17) is 23.8 Å². The molecule has 1 aromatic heterocycles. The number of aliphatic hydroxyl groups is 1. The third kappa shape index (κ3) is 5.57. The standard InChI is InChI=1S/C25H23ClN4O2S/c1-16(22(31)18-7-3-2-4-8-18)27-24(32)20-12-10-19(11-13-20)23-28-25(33)30(29-23)15-17-6-5-9-21(26)14-17/h2-14,16,22,31H,15H2,1H3,(H,27,32)(H,28,29,33)/t16-,22-/m1/s1. The van der Waals surface area contributed by atoms with E-state index in [1.165, 1.54) is 0 Å². The number of aromatic amines is 1. The molecule has 0 unspecified atom stereocenters. The molecular weight excluding hydrogens is 456 g/mol. The lowest BCUT2D eigenvalue weighted by molar-refractivity contribution is 0.0852. The van der Waals surface area contributed by atoms with Crippen LogP contribution in [0.4, 0.5) is 0 Å². The lowest BCUT2D eigenvalue weighted by atomic mass is 10.0. The van der Waals surface area contributed by atoms with Crippen molar-refractivity contribution >= 4 is 29.7 Å². The first-order valence-electron chi connectivity index (χ1n) is 10.5. The van der Waals surface area contributed by atoms with Gasteiger partial charge in [0.15, 0.2) is 5.82 Å². The first-order valence-corrected chi connectivity index (χ1v) is 11.2. The summed E-state index contributed by atoms with van der Waals surface area (Å²) in [6.45, 7) is 2.30. The number of hydrogen-bond acceptors (Lipinski definition) is 4. The molecule has 4 rings (SSSR count). The Balaban J connectivity index is 1.44. The van der Waals surface area contributed by atoms with E-state index in [-0.39, 0.29) is 5.91 Å². The monoisotopic (exact) mass is 478 g/mol. The summed E-state index contributed by atoms with van der Waals surface area (Å²) in [6, 6.07) is 23.4. The maximum absolute atomic E-state index is 12.7. The van der Waals surface area contributed by atoms with Crippen molar-refractivity contribution < 1.29 is 9.90 Å². The van der Waals surface area contributed by atoms with Crippen LogP contribution in [0.2, 0.25) is 5.02 Å². The summed E-state index contributed by atoms with van der Waals surface area (Å²) in [5.41, 5.74) is 3.06. The SMILES string of the molecule is C[C@@H](NC(=O)c1ccc(-c2nc(=S)n(Cc3cccc(Cl)c3)[nH]2)cc1)[C@@H](O)c1ccccc1. The molecule has 4 aromatic rings. The van der Waals surface area contributed by atoms with Crippen molar-refractivity contribution in [2.45, 2.75) is 25.6 Å². The lowest BCUT2D eigenvalue weighted by Gasteiger charge is -2.20. The van der Waals surface area contributed by atoms with Gasteiger partial charge in [-0.15, -0.1) is 0 Å². The molecule has 0 radical (unpaired) electrons. The molecule has 0 spiro atoms. The number of benzene rings is 3. The van der Waals surface area contributed by atoms with Gasteiger partial charge >= 0.3 is 0 Å². The van der Waals surface area contributed by atoms with E-state index in [0.717, 1.165) is 16.7 Å². The molecule has 0 bridgehead atoms. The summed E-state index contributed by atoms with van der Waals surface area (Å²) in [6.07, 6.45) is -0.794. The number of carbonyl (C=O) groups is 1. The van der Waals surface area contributed by atoms with Crippen molar-refractivity contribution in [3.05, 3.63) is 105 Å². The van der Waals surface area contributed by atoms with Gasteiger partial charge in [-0.3, -0.25) is 14.6 Å². The van der Waals surface area contributed by atoms with Gasteiger partial charge in [-0.05, 0) is 54.5 Å². The number of halogens is 1. The minimum absolute atomic E-state index is 0.261. The Kier molecular flexibility index (Phi) is 7.03. The van der Waals surface area contributed by atoms with Gasteiger partial charge in [0.25, 0.3) is 5.91 Å². The zero-order valence-electron chi connectivity index (χ0n) is 17.9. The predicted octanol–water partition coefficient (Wildman–Crippen LogP) is 5.16. The van der Waals surface area contributed by atoms with Gasteiger partial charge < -0.3 is 10.4 Å². The van der Waals surface area contributed by atoms with E-state index >= 15 is 0 Å². The molecule has 0 aliphatic rings. The highest BCUT2D eigenvalue weighted by Crippen LogP contribution is 2.19. The van der Waals surface area contributed by atoms with E-state index in [1.54, 1.807) is 23.7 Å². The summed E-state index contributed by atoms with van der Waals surface area (Å²) in [5, 5.41) is 17.2. The second-order valence-electron chi connectivity index (χ2n) is 7.77. The summed E-state index contributed by atoms with van der Waals surface area (Å²) in [7, 11) is 0. The summed E-state index contributed by atoms with van der Waals surface area (Å²) < 4.78 is 2.19. The highest BCUT2D eigenvalue weighted by molar-refractivity contribution is 7.71. The average Bonchev–Trinajstić information content (AvgIpc) is 3.19. The molecule has 3 aromatic carbocycles. The molecule has 0 saturated carbocycles. The van der Waals surface area contributed by atoms with Crippen LogP contribution in [-0.2, 0) is 6.54 Å². The van der Waals surface area contributed by atoms with Crippen molar-refractivity contribution in [2.75, 3.05) is 0 Å². The van der Waals surface area contributed by atoms with Crippen molar-refractivity contribution in [3.8, 4) is 11.4 Å². The number of amides is 1. The Bertz CT molecular complexity index is 1300. The van der Waals surface area contributed by atoms with Crippen LogP contribution in [0.1, 0.15) is 34.5 Å². The molecule has 0 fully saturated rings. The molecule has 0 aliphatic heterocycles. The maximum Gasteiger partial charge on any atom is 0.251 e. The minimum atomic E-state index is -0.794. The van der Waals surface area contributed by atoms with Crippen LogP contribution >= 0.6 is 23.8 Å². The number of aromatic nitrogens is 3. The molecule has 2 atom stereocenters. The third-order valence-corrected chi connectivity index (χ3v) is 5.85. The van der Waals surface area contributed by atoms with Crippen LogP contribution in [0, 0.1) is 4.77 Å². The quantitative estimate of drug-likeness (QED) is 0.320. The highest BCUT2D eigenvalue weighted by atomic mass is 35.5. The fourth-order valence-corrected chi connectivity index (χ4v) is 3.91. The first kappa shape index (κ1) is 22.9. The highest BCUT2D eigenvalue weighted by Gasteiger charge is 2.19. The molecule has 3 N–H and O–H groups in total. The van der Waals surface area contributed by atoms with Gasteiger partial charge in [-0.25, -0.2) is 0 Å². The largest absolute Gasteiger partial charge is 0.386 e. The number of nitrogens with one attached hydrogen (secondary N) is 2. The van der Waals surface area contributed by atoms with Gasteiger partial charge in [-0.2, -0.15) is 4.98 Å². The Hall–Kier alpha value is -3.26. The summed E-state index contributed by atoms with van der Waals surface area (Å²) >= 11 is 11.4. The van der Waals surface area contributed by atoms with E-state index < -0.39 is 12.1 Å². The van der Waals surface area contributed by atoms with Crippen molar-refractivity contribution in [1.82, 2.24) is 20.1 Å². The Morgan fingerprint density at radius 3 is 2.55 bits per heavy atom. The lowest BCUT2D eigenvalue weighted by Crippen LogP contribution is -2.37. The molecule has 8 heteroatoms. The van der Waals surface area contributed by atoms with Gasteiger partial charge in [0.05, 0.1) is 18.7 Å². The van der Waals surface area contributed by atoms with Crippen LogP contribution in [0.15, 0.2) is 78.9 Å². The van der Waals surface area contributed by atoms with Gasteiger partial charge in [0, 0.05) is 16.1 Å². The normalized spacial score (nSPS) is 12.8. The average molecular weight is 479 g/mol. The topological polar surface area (TPSA) is 82.9 Å². The summed E-state index contributed by atoms with van der Waals surface area (Å²) in [4.78, 5) is 17.1. The van der Waals surface area contributed by atoms with E-state index in [1.807, 2.05) is 66.7 Å². The van der Waals surface area contributed by atoms with Crippen molar-refractivity contribution in [3.63, 3.8) is 0 Å². The molecule has 1 heterocycles. The van der Waals surface area contributed by atoms with Crippen molar-refractivity contribution in [2.24, 2.45) is 0 Å². The number of hydrogen-bond donors (Lipinski definition) is 3. The van der Waals surface area contributed by atoms with Crippen LogP contribution in [0.25, 0.3) is 11.4 Å². The van der Waals surface area contributed by atoms with E-state index in [0.29, 0.717) is 27.7 Å². The van der Waals surface area contributed by atoms with E-state index in [2.05, 4.69) is 15.4 Å². The number of nitrogens with zero attached hydrogens (tertiary/aromatic N) is 2. The second-order valence-corrected chi connectivity index (χ2v) is 8.57. The van der Waals surface area contributed by atoms with Gasteiger partial charge in [-0.1, -0.05) is 66.2 Å². The van der Waals surface area contributed by atoms with Gasteiger partial charge in [0.2, 0.25) is 4.77 Å². The first-order chi connectivity index (χ1) is 15.9. The van der Waals surface area contributed by atoms with Crippen LogP contribution in [0.5, 0.6) is 0 Å². The van der Waals surface area contributed by atoms with Crippen LogP contribution in [0.3, 0.4) is 0 Å². The third-order valence-electron chi connectivity index (χ3n) is 5.30. The zero-order valence-corrected chi connectivity index (χ0v) is 19.5. The molecule has 168 valence electrons. The Morgan fingerprint density at radius 1 is 1.12 bits per heavy atom. The fraction of sp³-hybridized carbons (Fsp3) is 0.160. The maximum atomic E-state index is 12.7. The number of rotatable bonds is 7. The smallest absolute Gasteiger partial charge is 0.251 e. The second kappa shape index (κ2) is 10.1. The van der Waals surface area contributed by atoms with E-state index in [9.17, 15) is 9.90 Å². The number of aliphatic hydroxyl groups excluding tert-OH is 1. The molecule has 33 heavy (non-hydrogen) atoms. The van der Waals surface area contributed by atoms with Gasteiger partial charge in [0.1, 0.15) is 0 Å². The number of H-pyrrole nitrogens is 1. The fourth-order valence-electron chi connectivity index (χ4n) is 3.50. The molecular formula is C25H23ClN4O2S. The summed E-state index contributed by atoms with van der Waals surface area (Å²) in [5.74, 6) is 0.352. The molecule has 6 nitrogen and oxygen atoms in total. The molecule has 0 aliphatic carbocycles. The van der Waals surface area contributed by atoms with Crippen LogP contribution < -0.4 is 5.32 Å².